The number of hydrogen-bond acceptors (Lipinski definition) is 0. The molecule has 1 radical (unpaired) electrons. The predicted molar refractivity (Wildman–Crippen MR) is 30.6 cm³/mol. The molecule has 0 saturated heterocycles. The van der Waals surface area contributed by atoms with Crippen LogP contribution in [-0.2, 0) is 0 Å². The van der Waals surface area contributed by atoms with Crippen molar-refractivity contribution >= 4 is 0 Å². The molecule has 0 spiro atoms. The lowest BCUT2D eigenvalue weighted by molar-refractivity contribution is 0.655. The van der Waals surface area contributed by atoms with Crippen LogP contribution in [0.25, 0.3) is 0 Å². The number of hydrogen-bond donors (Lipinski definition) is 0. The maximum atomic E-state index is 7.16. The molecular weight excluding hydrogens is 86.1 g/mol. The maximum absolute atomic E-state index is 7.16. The Morgan fingerprint density at radius 3 is 1.86 bits per heavy atom. The van der Waals surface area contributed by atoms with E-state index in [1.807, 2.05) is 0 Å². The van der Waals surface area contributed by atoms with E-state index in [1.54, 1.807) is 20.8 Å². The average Bonchev–Trinajstić information content (AvgIpc) is 1.30. The summed E-state index contributed by atoms with van der Waals surface area (Å²) in [6.07, 6.45) is 0. The van der Waals surface area contributed by atoms with Crippen LogP contribution in [0.3, 0.4) is 0 Å². The lowest BCUT2D eigenvalue weighted by atomic mass is 10.1. The average molecular weight is 96.2 g/mol. The predicted octanol–water partition coefficient (Wildman–Crippen LogP) is 1.07. The minimum atomic E-state index is -0.561. The van der Waals surface area contributed by atoms with Crippen LogP contribution in [0.15, 0.2) is 0 Å². The molecule has 7 heavy (non-hydrogen) atoms. The Morgan fingerprint density at radius 2 is 1.86 bits per heavy atom. The third-order valence-corrected chi connectivity index (χ3v) is 0.438. The molecule has 0 rings (SSSR count). The van der Waals surface area contributed by atoms with Crippen LogP contribution in [0.5, 0.6) is 0 Å². The first-order chi connectivity index (χ1) is 3.06. The van der Waals surface area contributed by atoms with Crippen molar-refractivity contribution in [1.29, 1.82) is 0 Å². The van der Waals surface area contributed by atoms with Gasteiger partial charge in [0.25, 0.3) is 0 Å². The van der Waals surface area contributed by atoms with Crippen LogP contribution in [-0.4, -0.2) is 5.54 Å². The van der Waals surface area contributed by atoms with Gasteiger partial charge in [-0.1, -0.05) is 5.92 Å². The summed E-state index contributed by atoms with van der Waals surface area (Å²) in [7, 11) is 0. The van der Waals surface area contributed by atoms with Gasteiger partial charge in [-0.15, -0.1) is 5.92 Å². The Bertz CT molecular complexity index is 97.6. The lowest BCUT2D eigenvalue weighted by Gasteiger charge is -2.04. The number of nitrogens with one attached hydrogen (secondary N) is 1. The molecule has 0 aliphatic rings. The first-order valence-electron chi connectivity index (χ1n) is 2.25. The Balaban J connectivity index is 3.72. The molecule has 0 aliphatic carbocycles. The second kappa shape index (κ2) is 1.99. The summed E-state index contributed by atoms with van der Waals surface area (Å²) in [5.74, 6) is 5.37. The third-order valence-electron chi connectivity index (χ3n) is 0.438. The van der Waals surface area contributed by atoms with Gasteiger partial charge in [0.05, 0.1) is 5.54 Å². The van der Waals surface area contributed by atoms with E-state index in [0.717, 1.165) is 0 Å². The second-order valence-corrected chi connectivity index (χ2v) is 2.00. The zero-order valence-corrected chi connectivity index (χ0v) is 5.00. The first-order valence-corrected chi connectivity index (χ1v) is 2.25. The van der Waals surface area contributed by atoms with Gasteiger partial charge in [0, 0.05) is 0 Å². The Morgan fingerprint density at radius 1 is 1.43 bits per heavy atom. The Hall–Kier alpha value is -0.480. The summed E-state index contributed by atoms with van der Waals surface area (Å²) in [4.78, 5) is 0. The highest BCUT2D eigenvalue weighted by Crippen LogP contribution is 1.93. The zero-order valence-electron chi connectivity index (χ0n) is 5.00. The fraction of sp³-hybridized carbons (Fsp3) is 0.667. The molecule has 0 amide bonds. The third kappa shape index (κ3) is 5.52. The highest BCUT2D eigenvalue weighted by atomic mass is 14.7. The molecular formula is C6H10N. The van der Waals surface area contributed by atoms with E-state index in [4.69, 9.17) is 5.73 Å². The molecule has 0 aromatic carbocycles. The van der Waals surface area contributed by atoms with Crippen LogP contribution in [0, 0.1) is 11.8 Å². The van der Waals surface area contributed by atoms with Gasteiger partial charge in [-0.3, -0.25) is 0 Å². The first kappa shape index (κ1) is 6.52. The summed E-state index contributed by atoms with van der Waals surface area (Å²) >= 11 is 0. The quantitative estimate of drug-likeness (QED) is 0.403. The molecule has 0 saturated carbocycles. The second-order valence-electron chi connectivity index (χ2n) is 2.00. The molecule has 1 N–H and O–H groups in total. The van der Waals surface area contributed by atoms with E-state index in [0.29, 0.717) is 0 Å². The zero-order chi connectivity index (χ0) is 5.91. The molecule has 1 heteroatoms. The summed E-state index contributed by atoms with van der Waals surface area (Å²) in [6.45, 7) is 5.28. The fourth-order valence-corrected chi connectivity index (χ4v) is 0.312. The monoisotopic (exact) mass is 96.1 g/mol. The van der Waals surface area contributed by atoms with Gasteiger partial charge in [0.2, 0.25) is 0 Å². The molecule has 0 bridgehead atoms. The van der Waals surface area contributed by atoms with Crippen molar-refractivity contribution in [3.05, 3.63) is 0 Å². The van der Waals surface area contributed by atoms with Gasteiger partial charge < -0.3 is 0 Å². The SMILES string of the molecule is CC#CC(C)(C)[NH]. The van der Waals surface area contributed by atoms with Crippen LogP contribution in [0.2, 0.25) is 0 Å². The topological polar surface area (TPSA) is 23.8 Å². The molecule has 0 aromatic heterocycles. The fourth-order valence-electron chi connectivity index (χ4n) is 0.312. The molecule has 0 aromatic rings. The molecule has 0 atom stereocenters. The maximum Gasteiger partial charge on any atom is 0.0871 e. The summed E-state index contributed by atoms with van der Waals surface area (Å²) in [6, 6.07) is 0. The van der Waals surface area contributed by atoms with Crippen molar-refractivity contribution in [1.82, 2.24) is 5.73 Å². The van der Waals surface area contributed by atoms with Crippen molar-refractivity contribution in [2.24, 2.45) is 0 Å². The summed E-state index contributed by atoms with van der Waals surface area (Å²) in [5.41, 5.74) is 6.60. The minimum Gasteiger partial charge on any atom is -0.239 e. The van der Waals surface area contributed by atoms with Crippen molar-refractivity contribution in [2.45, 2.75) is 26.3 Å². The van der Waals surface area contributed by atoms with Crippen molar-refractivity contribution in [2.75, 3.05) is 0 Å². The van der Waals surface area contributed by atoms with Crippen molar-refractivity contribution < 1.29 is 0 Å². The highest BCUT2D eigenvalue weighted by Gasteiger charge is 2.03. The Kier molecular flexibility index (Phi) is 1.86. The van der Waals surface area contributed by atoms with Crippen LogP contribution >= 0.6 is 0 Å². The van der Waals surface area contributed by atoms with Crippen molar-refractivity contribution in [3.63, 3.8) is 0 Å². The van der Waals surface area contributed by atoms with Crippen LogP contribution in [0.1, 0.15) is 20.8 Å². The molecule has 1 nitrogen and oxygen atoms in total. The van der Waals surface area contributed by atoms with E-state index in [2.05, 4.69) is 11.8 Å². The Labute approximate surface area is 44.9 Å². The molecule has 39 valence electrons. The summed E-state index contributed by atoms with van der Waals surface area (Å²) in [5, 5.41) is 0. The van der Waals surface area contributed by atoms with Gasteiger partial charge in [0.15, 0.2) is 0 Å². The van der Waals surface area contributed by atoms with E-state index < -0.39 is 5.54 Å². The van der Waals surface area contributed by atoms with Crippen LogP contribution < -0.4 is 5.73 Å². The number of rotatable bonds is 0. The van der Waals surface area contributed by atoms with E-state index >= 15 is 0 Å². The molecule has 0 aliphatic heterocycles. The van der Waals surface area contributed by atoms with Gasteiger partial charge in [0.1, 0.15) is 0 Å². The van der Waals surface area contributed by atoms with Crippen LogP contribution in [0.4, 0.5) is 0 Å². The van der Waals surface area contributed by atoms with E-state index in [9.17, 15) is 0 Å². The van der Waals surface area contributed by atoms with Gasteiger partial charge >= 0.3 is 0 Å². The lowest BCUT2D eigenvalue weighted by Crippen LogP contribution is -2.17. The molecule has 0 heterocycles. The van der Waals surface area contributed by atoms with Gasteiger partial charge in [-0.25, -0.2) is 5.73 Å². The highest BCUT2D eigenvalue weighted by molar-refractivity contribution is 5.10. The normalized spacial score (nSPS) is 9.71. The largest absolute Gasteiger partial charge is 0.239 e. The van der Waals surface area contributed by atoms with E-state index in [-0.39, 0.29) is 0 Å². The standard InChI is InChI=1S/C6H10N/c1-4-5-6(2,3)7/h7H,1-3H3. The smallest absolute Gasteiger partial charge is 0.0871 e. The van der Waals surface area contributed by atoms with Crippen molar-refractivity contribution in [3.8, 4) is 11.8 Å². The molecule has 0 unspecified atom stereocenters. The van der Waals surface area contributed by atoms with Gasteiger partial charge in [-0.05, 0) is 20.8 Å². The molecule has 0 fully saturated rings. The minimum absolute atomic E-state index is 0.561. The van der Waals surface area contributed by atoms with E-state index in [1.165, 1.54) is 0 Å². The summed E-state index contributed by atoms with van der Waals surface area (Å²) < 4.78 is 0. The van der Waals surface area contributed by atoms with Gasteiger partial charge in [-0.2, -0.15) is 0 Å².